The van der Waals surface area contributed by atoms with Crippen molar-refractivity contribution in [2.45, 2.75) is 38.0 Å². The fraction of sp³-hybridized carbons (Fsp3) is 0.333. The van der Waals surface area contributed by atoms with Crippen molar-refractivity contribution in [2.75, 3.05) is 6.61 Å². The maximum absolute atomic E-state index is 14.5. The highest BCUT2D eigenvalue weighted by Crippen LogP contribution is 2.39. The molecule has 1 fully saturated rings. The summed E-state index contributed by atoms with van der Waals surface area (Å²) in [7, 11) is 0. The maximum atomic E-state index is 14.5. The van der Waals surface area contributed by atoms with Gasteiger partial charge in [0.25, 0.3) is 0 Å². The third kappa shape index (κ3) is 5.22. The first-order valence-corrected chi connectivity index (χ1v) is 9.88. The second kappa shape index (κ2) is 9.68. The summed E-state index contributed by atoms with van der Waals surface area (Å²) in [6, 6.07) is 7.39. The van der Waals surface area contributed by atoms with Gasteiger partial charge in [0.1, 0.15) is 0 Å². The van der Waals surface area contributed by atoms with Crippen LogP contribution >= 0.6 is 0 Å². The lowest BCUT2D eigenvalue weighted by Gasteiger charge is -2.27. The highest BCUT2D eigenvalue weighted by molar-refractivity contribution is 5.51. The number of phenols is 1. The van der Waals surface area contributed by atoms with E-state index in [0.29, 0.717) is 23.5 Å². The van der Waals surface area contributed by atoms with E-state index in [4.69, 9.17) is 4.74 Å². The predicted molar refractivity (Wildman–Crippen MR) is 108 cm³/mol. The monoisotopic (exact) mass is 402 g/mol. The van der Waals surface area contributed by atoms with Gasteiger partial charge in [-0.1, -0.05) is 30.4 Å². The van der Waals surface area contributed by atoms with E-state index in [9.17, 15) is 18.3 Å². The number of hydrogen-bond acceptors (Lipinski definition) is 2. The molecule has 5 heteroatoms. The first-order valence-electron chi connectivity index (χ1n) is 9.88. The van der Waals surface area contributed by atoms with Gasteiger partial charge < -0.3 is 9.84 Å². The number of ether oxygens (including phenoxy) is 1. The first-order chi connectivity index (χ1) is 14.0. The standard InChI is InChI=1S/C24H25F3O2/c1-2-3-14-29-22-13-11-19(23(26)24(22)27)18-9-6-16(7-10-18)4-5-17-8-12-21(28)20(25)15-17/h2,4-5,8,11-13,15-16,18,28H,1,3,6-7,9-10,14H2/b5-4+. The second-order valence-corrected chi connectivity index (χ2v) is 7.39. The molecule has 2 aromatic carbocycles. The van der Waals surface area contributed by atoms with E-state index in [-0.39, 0.29) is 24.0 Å². The van der Waals surface area contributed by atoms with Crippen LogP contribution in [0.15, 0.2) is 49.1 Å². The molecule has 0 bridgehead atoms. The molecule has 0 aromatic heterocycles. The van der Waals surface area contributed by atoms with Gasteiger partial charge in [-0.15, -0.1) is 6.58 Å². The van der Waals surface area contributed by atoms with E-state index < -0.39 is 17.5 Å². The number of benzene rings is 2. The number of rotatable bonds is 7. The highest BCUT2D eigenvalue weighted by atomic mass is 19.2. The van der Waals surface area contributed by atoms with Crippen LogP contribution in [0.3, 0.4) is 0 Å². The summed E-state index contributed by atoms with van der Waals surface area (Å²) in [5, 5.41) is 9.24. The van der Waals surface area contributed by atoms with Gasteiger partial charge in [-0.25, -0.2) is 8.78 Å². The third-order valence-electron chi connectivity index (χ3n) is 5.40. The smallest absolute Gasteiger partial charge is 0.200 e. The Bertz CT molecular complexity index is 884. The molecule has 0 heterocycles. The van der Waals surface area contributed by atoms with E-state index in [1.165, 1.54) is 18.2 Å². The van der Waals surface area contributed by atoms with E-state index >= 15 is 0 Å². The molecule has 1 aliphatic rings. The molecule has 2 aromatic rings. The summed E-state index contributed by atoms with van der Waals surface area (Å²) in [6.45, 7) is 3.84. The topological polar surface area (TPSA) is 29.5 Å². The minimum atomic E-state index is -0.928. The van der Waals surface area contributed by atoms with Crippen LogP contribution in [-0.4, -0.2) is 11.7 Å². The lowest BCUT2D eigenvalue weighted by atomic mass is 9.78. The van der Waals surface area contributed by atoms with Crippen LogP contribution in [0.1, 0.15) is 49.1 Å². The van der Waals surface area contributed by atoms with Gasteiger partial charge in [0.2, 0.25) is 5.82 Å². The fourth-order valence-electron chi connectivity index (χ4n) is 3.72. The summed E-state index contributed by atoms with van der Waals surface area (Å²) in [5.41, 5.74) is 1.09. The van der Waals surface area contributed by atoms with E-state index in [2.05, 4.69) is 6.58 Å². The van der Waals surface area contributed by atoms with Crippen LogP contribution in [0.2, 0.25) is 0 Å². The molecule has 1 N–H and O–H groups in total. The minimum absolute atomic E-state index is 0.0255. The van der Waals surface area contributed by atoms with Crippen molar-refractivity contribution in [3.05, 3.63) is 77.6 Å². The molecule has 0 amide bonds. The average molecular weight is 402 g/mol. The number of halogens is 3. The molecule has 154 valence electrons. The van der Waals surface area contributed by atoms with Crippen LogP contribution in [0.5, 0.6) is 11.5 Å². The Morgan fingerprint density at radius 2 is 1.79 bits per heavy atom. The van der Waals surface area contributed by atoms with Gasteiger partial charge in [-0.3, -0.25) is 0 Å². The van der Waals surface area contributed by atoms with Crippen molar-refractivity contribution < 1.29 is 23.0 Å². The molecule has 0 spiro atoms. The lowest BCUT2D eigenvalue weighted by Crippen LogP contribution is -2.14. The number of allylic oxidation sites excluding steroid dienone is 1. The molecule has 1 saturated carbocycles. The zero-order chi connectivity index (χ0) is 20.8. The number of phenolic OH excluding ortho intramolecular Hbond substituents is 1. The van der Waals surface area contributed by atoms with Gasteiger partial charge in [0, 0.05) is 0 Å². The molecule has 0 atom stereocenters. The van der Waals surface area contributed by atoms with Gasteiger partial charge in [-0.2, -0.15) is 4.39 Å². The number of hydrogen-bond donors (Lipinski definition) is 1. The van der Waals surface area contributed by atoms with E-state index in [1.54, 1.807) is 18.2 Å². The Morgan fingerprint density at radius 1 is 1.03 bits per heavy atom. The zero-order valence-electron chi connectivity index (χ0n) is 16.2. The van der Waals surface area contributed by atoms with Gasteiger partial charge in [0.15, 0.2) is 23.1 Å². The maximum Gasteiger partial charge on any atom is 0.200 e. The Labute approximate surface area is 169 Å². The highest BCUT2D eigenvalue weighted by Gasteiger charge is 2.25. The molecule has 29 heavy (non-hydrogen) atoms. The quantitative estimate of drug-likeness (QED) is 0.410. The summed E-state index contributed by atoms with van der Waals surface area (Å²) < 4.78 is 47.5. The molecule has 0 saturated heterocycles. The molecular weight excluding hydrogens is 377 g/mol. The van der Waals surface area contributed by atoms with Crippen molar-refractivity contribution in [3.8, 4) is 11.5 Å². The summed E-state index contributed by atoms with van der Waals surface area (Å²) in [4.78, 5) is 0. The molecule has 0 radical (unpaired) electrons. The fourth-order valence-corrected chi connectivity index (χ4v) is 3.72. The van der Waals surface area contributed by atoms with Crippen molar-refractivity contribution in [2.24, 2.45) is 5.92 Å². The Hall–Kier alpha value is -2.69. The third-order valence-corrected chi connectivity index (χ3v) is 5.40. The van der Waals surface area contributed by atoms with Crippen LogP contribution in [-0.2, 0) is 0 Å². The molecule has 0 unspecified atom stereocenters. The second-order valence-electron chi connectivity index (χ2n) is 7.39. The molecule has 3 rings (SSSR count). The molecule has 0 aliphatic heterocycles. The van der Waals surface area contributed by atoms with Crippen LogP contribution < -0.4 is 4.74 Å². The normalized spacial score (nSPS) is 19.4. The minimum Gasteiger partial charge on any atom is -0.505 e. The molecular formula is C24H25F3O2. The number of aromatic hydroxyl groups is 1. The van der Waals surface area contributed by atoms with Crippen LogP contribution in [0.25, 0.3) is 6.08 Å². The van der Waals surface area contributed by atoms with E-state index in [1.807, 2.05) is 12.2 Å². The van der Waals surface area contributed by atoms with Crippen LogP contribution in [0.4, 0.5) is 13.2 Å². The van der Waals surface area contributed by atoms with Crippen molar-refractivity contribution in [1.29, 1.82) is 0 Å². The summed E-state index contributed by atoms with van der Waals surface area (Å²) in [5.74, 6) is -2.55. The average Bonchev–Trinajstić information content (AvgIpc) is 2.73. The Balaban J connectivity index is 1.60. The lowest BCUT2D eigenvalue weighted by molar-refractivity contribution is 0.298. The van der Waals surface area contributed by atoms with Gasteiger partial charge in [-0.05, 0) is 73.3 Å². The predicted octanol–water partition coefficient (Wildman–Crippen LogP) is 6.75. The largest absolute Gasteiger partial charge is 0.505 e. The van der Waals surface area contributed by atoms with Crippen molar-refractivity contribution in [1.82, 2.24) is 0 Å². The molecule has 1 aliphatic carbocycles. The Morgan fingerprint density at radius 3 is 2.48 bits per heavy atom. The summed E-state index contributed by atoms with van der Waals surface area (Å²) in [6.07, 6.45) is 9.29. The molecule has 2 nitrogen and oxygen atoms in total. The van der Waals surface area contributed by atoms with Crippen molar-refractivity contribution in [3.63, 3.8) is 0 Å². The van der Waals surface area contributed by atoms with Gasteiger partial charge >= 0.3 is 0 Å². The Kier molecular flexibility index (Phi) is 7.02. The van der Waals surface area contributed by atoms with Crippen molar-refractivity contribution >= 4 is 6.08 Å². The van der Waals surface area contributed by atoms with Gasteiger partial charge in [0.05, 0.1) is 6.61 Å². The zero-order valence-corrected chi connectivity index (χ0v) is 16.2. The van der Waals surface area contributed by atoms with E-state index in [0.717, 1.165) is 25.7 Å². The SMILES string of the molecule is C=CCCOc1ccc(C2CCC(/C=C/c3ccc(O)c(F)c3)CC2)c(F)c1F. The first kappa shape index (κ1) is 21.0. The van der Waals surface area contributed by atoms with Crippen LogP contribution in [0, 0.1) is 23.4 Å². The summed E-state index contributed by atoms with van der Waals surface area (Å²) >= 11 is 0.